The van der Waals surface area contributed by atoms with E-state index in [-0.39, 0.29) is 0 Å². The summed E-state index contributed by atoms with van der Waals surface area (Å²) in [5.74, 6) is -0.411. The van der Waals surface area contributed by atoms with Crippen LogP contribution >= 0.6 is 22.6 Å². The summed E-state index contributed by atoms with van der Waals surface area (Å²) in [4.78, 5) is 13.4. The Morgan fingerprint density at radius 1 is 1.80 bits per heavy atom. The molecule has 0 fully saturated rings. The normalized spacial score (nSPS) is 9.80. The van der Waals surface area contributed by atoms with Crippen molar-refractivity contribution in [2.45, 2.75) is 6.92 Å². The largest absolute Gasteiger partial charge is 0.364 e. The molecule has 0 spiro atoms. The van der Waals surface area contributed by atoms with E-state index in [1.807, 2.05) is 6.92 Å². The van der Waals surface area contributed by atoms with Crippen LogP contribution in [0.15, 0.2) is 6.07 Å². The summed E-state index contributed by atoms with van der Waals surface area (Å²) in [6, 6.07) is 1.73. The monoisotopic (exact) mass is 250 g/mol. The Morgan fingerprint density at radius 2 is 2.40 bits per heavy atom. The fourth-order valence-corrected chi connectivity index (χ4v) is 1.11. The first-order valence-electron chi connectivity index (χ1n) is 2.76. The van der Waals surface area contributed by atoms with Crippen LogP contribution in [0.25, 0.3) is 0 Å². The SMILES string of the molecule is Cc1[nH]c(C(N)=O)cc1I. The zero-order valence-electron chi connectivity index (χ0n) is 5.44. The zero-order valence-corrected chi connectivity index (χ0v) is 7.60. The molecule has 0 aliphatic carbocycles. The topological polar surface area (TPSA) is 58.9 Å². The van der Waals surface area contributed by atoms with Gasteiger partial charge in [0.15, 0.2) is 0 Å². The number of aryl methyl sites for hydroxylation is 1. The van der Waals surface area contributed by atoms with Crippen molar-refractivity contribution in [2.24, 2.45) is 5.73 Å². The number of H-pyrrole nitrogens is 1. The first-order chi connectivity index (χ1) is 4.61. The third kappa shape index (κ3) is 1.31. The third-order valence-corrected chi connectivity index (χ3v) is 2.34. The van der Waals surface area contributed by atoms with Crippen LogP contribution in [0.2, 0.25) is 0 Å². The minimum Gasteiger partial charge on any atom is -0.364 e. The summed E-state index contributed by atoms with van der Waals surface area (Å²) in [6.45, 7) is 1.90. The molecule has 1 amide bonds. The molecule has 0 saturated heterocycles. The van der Waals surface area contributed by atoms with Gasteiger partial charge >= 0.3 is 0 Å². The maximum Gasteiger partial charge on any atom is 0.265 e. The molecule has 0 saturated carbocycles. The van der Waals surface area contributed by atoms with Gasteiger partial charge < -0.3 is 10.7 Å². The molecule has 1 aromatic rings. The highest BCUT2D eigenvalue weighted by Gasteiger charge is 2.04. The van der Waals surface area contributed by atoms with Crippen LogP contribution in [-0.2, 0) is 0 Å². The van der Waals surface area contributed by atoms with Crippen molar-refractivity contribution < 1.29 is 4.79 Å². The summed E-state index contributed by atoms with van der Waals surface area (Å²) < 4.78 is 1.03. The highest BCUT2D eigenvalue weighted by molar-refractivity contribution is 14.1. The number of rotatable bonds is 1. The maximum atomic E-state index is 10.6. The van der Waals surface area contributed by atoms with Crippen molar-refractivity contribution in [3.05, 3.63) is 21.0 Å². The van der Waals surface area contributed by atoms with E-state index in [0.717, 1.165) is 9.26 Å². The molecular weight excluding hydrogens is 243 g/mol. The third-order valence-electron chi connectivity index (χ3n) is 1.22. The van der Waals surface area contributed by atoms with Gasteiger partial charge in [-0.15, -0.1) is 0 Å². The van der Waals surface area contributed by atoms with E-state index in [0.29, 0.717) is 5.69 Å². The Hall–Kier alpha value is -0.520. The van der Waals surface area contributed by atoms with E-state index in [9.17, 15) is 4.79 Å². The molecule has 10 heavy (non-hydrogen) atoms. The number of halogens is 1. The molecule has 0 radical (unpaired) electrons. The van der Waals surface area contributed by atoms with Gasteiger partial charge in [0.25, 0.3) is 5.91 Å². The molecule has 1 aromatic heterocycles. The molecule has 0 atom stereocenters. The Balaban J connectivity index is 3.10. The van der Waals surface area contributed by atoms with E-state index < -0.39 is 5.91 Å². The summed E-state index contributed by atoms with van der Waals surface area (Å²) in [5, 5.41) is 0. The standard InChI is InChI=1S/C6H7IN2O/c1-3-4(7)2-5(9-3)6(8)10/h2,9H,1H3,(H2,8,10). The average molecular weight is 250 g/mol. The van der Waals surface area contributed by atoms with Gasteiger partial charge in [0, 0.05) is 9.26 Å². The van der Waals surface area contributed by atoms with Crippen molar-refractivity contribution in [2.75, 3.05) is 0 Å². The van der Waals surface area contributed by atoms with Gasteiger partial charge in [0.05, 0.1) is 0 Å². The molecule has 3 nitrogen and oxygen atoms in total. The Kier molecular flexibility index (Phi) is 1.98. The molecule has 54 valence electrons. The lowest BCUT2D eigenvalue weighted by atomic mass is 10.4. The lowest BCUT2D eigenvalue weighted by Crippen LogP contribution is -2.10. The molecule has 4 heteroatoms. The fraction of sp³-hybridized carbons (Fsp3) is 0.167. The number of nitrogens with one attached hydrogen (secondary N) is 1. The summed E-state index contributed by atoms with van der Waals surface area (Å²) in [6.07, 6.45) is 0. The second-order valence-electron chi connectivity index (χ2n) is 2.02. The van der Waals surface area contributed by atoms with Crippen LogP contribution in [0.4, 0.5) is 0 Å². The van der Waals surface area contributed by atoms with Crippen LogP contribution in [0.3, 0.4) is 0 Å². The predicted octanol–water partition coefficient (Wildman–Crippen LogP) is 1.03. The molecule has 0 bridgehead atoms. The predicted molar refractivity (Wildman–Crippen MR) is 46.8 cm³/mol. The smallest absolute Gasteiger partial charge is 0.265 e. The fourth-order valence-electron chi connectivity index (χ4n) is 0.666. The van der Waals surface area contributed by atoms with E-state index in [1.165, 1.54) is 0 Å². The Morgan fingerprint density at radius 3 is 2.60 bits per heavy atom. The number of hydrogen-bond acceptors (Lipinski definition) is 1. The Bertz CT molecular complexity index is 247. The molecule has 0 unspecified atom stereocenters. The molecule has 0 aliphatic heterocycles. The van der Waals surface area contributed by atoms with Crippen molar-refractivity contribution in [3.63, 3.8) is 0 Å². The van der Waals surface area contributed by atoms with Gasteiger partial charge in [-0.3, -0.25) is 4.79 Å². The van der Waals surface area contributed by atoms with Crippen molar-refractivity contribution in [3.8, 4) is 0 Å². The quantitative estimate of drug-likeness (QED) is 0.718. The van der Waals surface area contributed by atoms with Crippen LogP contribution in [0, 0.1) is 10.5 Å². The molecule has 3 N–H and O–H groups in total. The van der Waals surface area contributed by atoms with Crippen molar-refractivity contribution in [1.29, 1.82) is 0 Å². The number of aromatic amines is 1. The van der Waals surface area contributed by atoms with Crippen LogP contribution in [0.1, 0.15) is 16.2 Å². The first-order valence-corrected chi connectivity index (χ1v) is 3.84. The summed E-state index contributed by atoms with van der Waals surface area (Å²) in [7, 11) is 0. The highest BCUT2D eigenvalue weighted by Crippen LogP contribution is 2.11. The number of hydrogen-bond donors (Lipinski definition) is 2. The Labute approximate surface area is 72.1 Å². The summed E-state index contributed by atoms with van der Waals surface area (Å²) in [5.41, 5.74) is 6.48. The van der Waals surface area contributed by atoms with E-state index in [2.05, 4.69) is 27.6 Å². The van der Waals surface area contributed by atoms with Crippen molar-refractivity contribution >= 4 is 28.5 Å². The number of carbonyl (C=O) groups is 1. The van der Waals surface area contributed by atoms with Crippen LogP contribution in [0.5, 0.6) is 0 Å². The van der Waals surface area contributed by atoms with E-state index in [4.69, 9.17) is 5.73 Å². The van der Waals surface area contributed by atoms with Crippen LogP contribution in [-0.4, -0.2) is 10.9 Å². The molecular formula is C6H7IN2O. The van der Waals surface area contributed by atoms with E-state index in [1.54, 1.807) is 6.07 Å². The van der Waals surface area contributed by atoms with Gasteiger partial charge in [-0.25, -0.2) is 0 Å². The average Bonchev–Trinajstić information content (AvgIpc) is 2.13. The van der Waals surface area contributed by atoms with Crippen LogP contribution < -0.4 is 5.73 Å². The number of nitrogens with two attached hydrogens (primary N) is 1. The summed E-state index contributed by atoms with van der Waals surface area (Å²) >= 11 is 2.14. The lowest BCUT2D eigenvalue weighted by molar-refractivity contribution is 0.0996. The zero-order chi connectivity index (χ0) is 7.72. The number of carbonyl (C=O) groups excluding carboxylic acids is 1. The molecule has 0 aliphatic rings. The van der Waals surface area contributed by atoms with Gasteiger partial charge in [0.2, 0.25) is 0 Å². The molecule has 0 aromatic carbocycles. The maximum absolute atomic E-state index is 10.6. The number of amides is 1. The second-order valence-corrected chi connectivity index (χ2v) is 3.18. The van der Waals surface area contributed by atoms with E-state index >= 15 is 0 Å². The second kappa shape index (κ2) is 2.61. The van der Waals surface area contributed by atoms with Crippen molar-refractivity contribution in [1.82, 2.24) is 4.98 Å². The van der Waals surface area contributed by atoms with Gasteiger partial charge in [-0.2, -0.15) is 0 Å². The minimum absolute atomic E-state index is 0.411. The number of primary amides is 1. The first kappa shape index (κ1) is 7.59. The lowest BCUT2D eigenvalue weighted by Gasteiger charge is -1.84. The minimum atomic E-state index is -0.411. The highest BCUT2D eigenvalue weighted by atomic mass is 127. The van der Waals surface area contributed by atoms with Gasteiger partial charge in [0.1, 0.15) is 5.69 Å². The van der Waals surface area contributed by atoms with Gasteiger partial charge in [-0.05, 0) is 35.6 Å². The van der Waals surface area contributed by atoms with Gasteiger partial charge in [-0.1, -0.05) is 0 Å². The number of aromatic nitrogens is 1. The molecule has 1 heterocycles. The molecule has 1 rings (SSSR count).